The van der Waals surface area contributed by atoms with Crippen LogP contribution in [0.25, 0.3) is 0 Å². The number of aryl methyl sites for hydroxylation is 1. The molecule has 2 heterocycles. The van der Waals surface area contributed by atoms with Gasteiger partial charge in [-0.2, -0.15) is 0 Å². The topological polar surface area (TPSA) is 59.1 Å². The van der Waals surface area contributed by atoms with Crippen molar-refractivity contribution in [3.05, 3.63) is 88.4 Å². The predicted molar refractivity (Wildman–Crippen MR) is 124 cm³/mol. The molecule has 0 N–H and O–H groups in total. The number of anilines is 2. The first-order chi connectivity index (χ1) is 15.5. The third-order valence-corrected chi connectivity index (χ3v) is 6.54. The van der Waals surface area contributed by atoms with Gasteiger partial charge >= 0.3 is 0 Å². The van der Waals surface area contributed by atoms with E-state index in [1.807, 2.05) is 67.6 Å². The summed E-state index contributed by atoms with van der Waals surface area (Å²) in [6.07, 6.45) is -0.891. The van der Waals surface area contributed by atoms with Crippen molar-refractivity contribution in [1.82, 2.24) is 0 Å². The zero-order valence-corrected chi connectivity index (χ0v) is 19.2. The van der Waals surface area contributed by atoms with Gasteiger partial charge in [0.25, 0.3) is 5.91 Å². The van der Waals surface area contributed by atoms with E-state index in [1.54, 1.807) is 24.3 Å². The number of methoxy groups -OCH3 is 1. The van der Waals surface area contributed by atoms with Crippen LogP contribution in [0.5, 0.6) is 5.75 Å². The number of imide groups is 1. The average molecular weight is 493 g/mol. The van der Waals surface area contributed by atoms with Gasteiger partial charge in [-0.05, 0) is 60.5 Å². The highest BCUT2D eigenvalue weighted by Crippen LogP contribution is 2.48. The summed E-state index contributed by atoms with van der Waals surface area (Å²) in [4.78, 5) is 34.4. The van der Waals surface area contributed by atoms with Gasteiger partial charge in [0.1, 0.15) is 11.7 Å². The van der Waals surface area contributed by atoms with Crippen molar-refractivity contribution in [3.8, 4) is 5.75 Å². The van der Waals surface area contributed by atoms with Crippen LogP contribution in [0.1, 0.15) is 17.2 Å². The largest absolute Gasteiger partial charge is 0.497 e. The third kappa shape index (κ3) is 3.29. The second kappa shape index (κ2) is 8.07. The maximum absolute atomic E-state index is 13.6. The zero-order chi connectivity index (χ0) is 22.4. The Morgan fingerprint density at radius 1 is 0.906 bits per heavy atom. The molecule has 0 spiro atoms. The Hall–Kier alpha value is -3.16. The first-order valence-electron chi connectivity index (χ1n) is 10.3. The fraction of sp³-hybridized carbons (Fsp3) is 0.200. The molecule has 2 saturated heterocycles. The van der Waals surface area contributed by atoms with E-state index < -0.39 is 18.1 Å². The van der Waals surface area contributed by atoms with Crippen molar-refractivity contribution < 1.29 is 19.2 Å². The minimum absolute atomic E-state index is 0.265. The molecule has 3 atom stereocenters. The number of nitrogens with zero attached hydrogens (tertiary/aromatic N) is 2. The summed E-state index contributed by atoms with van der Waals surface area (Å²) in [6.45, 7) is 1.98. The van der Waals surface area contributed by atoms with Crippen molar-refractivity contribution in [3.63, 3.8) is 0 Å². The maximum Gasteiger partial charge on any atom is 0.266 e. The molecule has 0 radical (unpaired) electrons. The lowest BCUT2D eigenvalue weighted by Crippen LogP contribution is -2.37. The minimum Gasteiger partial charge on any atom is -0.497 e. The molecule has 0 aliphatic carbocycles. The molecule has 2 aliphatic rings. The highest BCUT2D eigenvalue weighted by molar-refractivity contribution is 9.10. The quantitative estimate of drug-likeness (QED) is 0.488. The number of ether oxygens (including phenoxy) is 1. The first-order valence-corrected chi connectivity index (χ1v) is 11.1. The van der Waals surface area contributed by atoms with E-state index in [0.29, 0.717) is 5.69 Å². The standard InChI is InChI=1S/C25H21BrN2O4/c1-15-5-3-4-6-20(15)28-22(16-7-13-19(31-2)14-8-16)21-23(32-28)25(30)27(24(21)29)18-11-9-17(26)10-12-18/h3-14,21-23H,1-2H3. The predicted octanol–water partition coefficient (Wildman–Crippen LogP) is 4.82. The second-order valence-electron chi connectivity index (χ2n) is 7.87. The van der Waals surface area contributed by atoms with Gasteiger partial charge in [0.05, 0.1) is 24.5 Å². The molecule has 3 unspecified atom stereocenters. The zero-order valence-electron chi connectivity index (χ0n) is 17.6. The minimum atomic E-state index is -0.891. The third-order valence-electron chi connectivity index (χ3n) is 6.01. The number of hydrogen-bond donors (Lipinski definition) is 0. The van der Waals surface area contributed by atoms with Crippen LogP contribution >= 0.6 is 15.9 Å². The number of halogens is 1. The fourth-order valence-corrected chi connectivity index (χ4v) is 4.68. The van der Waals surface area contributed by atoms with Crippen LogP contribution in [0.15, 0.2) is 77.3 Å². The van der Waals surface area contributed by atoms with Gasteiger partial charge in [-0.1, -0.05) is 46.3 Å². The fourth-order valence-electron chi connectivity index (χ4n) is 4.42. The van der Waals surface area contributed by atoms with Crippen molar-refractivity contribution in [2.24, 2.45) is 5.92 Å². The number of rotatable bonds is 4. The summed E-state index contributed by atoms with van der Waals surface area (Å²) in [6, 6.07) is 22.0. The molecular formula is C25H21BrN2O4. The van der Waals surface area contributed by atoms with E-state index in [1.165, 1.54) is 4.90 Å². The maximum atomic E-state index is 13.6. The molecule has 0 bridgehead atoms. The van der Waals surface area contributed by atoms with Crippen molar-refractivity contribution in [1.29, 1.82) is 0 Å². The van der Waals surface area contributed by atoms with Crippen LogP contribution in [-0.2, 0) is 14.4 Å². The molecule has 2 amide bonds. The highest BCUT2D eigenvalue weighted by Gasteiger charge is 2.60. The lowest BCUT2D eigenvalue weighted by atomic mass is 9.90. The lowest BCUT2D eigenvalue weighted by Gasteiger charge is -2.29. The molecule has 2 fully saturated rings. The molecule has 3 aromatic rings. The smallest absolute Gasteiger partial charge is 0.266 e. The number of para-hydroxylation sites is 1. The van der Waals surface area contributed by atoms with Gasteiger partial charge in [-0.25, -0.2) is 9.96 Å². The van der Waals surface area contributed by atoms with E-state index in [4.69, 9.17) is 9.57 Å². The molecule has 3 aromatic carbocycles. The van der Waals surface area contributed by atoms with Crippen molar-refractivity contribution in [2.45, 2.75) is 19.1 Å². The molecule has 7 heteroatoms. The highest BCUT2D eigenvalue weighted by atomic mass is 79.9. The van der Waals surface area contributed by atoms with E-state index in [2.05, 4.69) is 15.9 Å². The van der Waals surface area contributed by atoms with Gasteiger partial charge in [-0.15, -0.1) is 0 Å². The van der Waals surface area contributed by atoms with Crippen molar-refractivity contribution >= 4 is 39.1 Å². The van der Waals surface area contributed by atoms with Gasteiger partial charge in [0.15, 0.2) is 6.10 Å². The summed E-state index contributed by atoms with van der Waals surface area (Å²) in [5, 5.41) is 1.72. The normalized spacial score (nSPS) is 22.4. The van der Waals surface area contributed by atoms with Gasteiger partial charge in [-0.3, -0.25) is 14.4 Å². The van der Waals surface area contributed by atoms with Crippen molar-refractivity contribution in [2.75, 3.05) is 17.1 Å². The summed E-state index contributed by atoms with van der Waals surface area (Å²) in [5.41, 5.74) is 3.24. The Morgan fingerprint density at radius 2 is 1.59 bits per heavy atom. The number of amides is 2. The van der Waals surface area contributed by atoms with E-state index in [0.717, 1.165) is 27.0 Å². The Bertz CT molecular complexity index is 1180. The molecular weight excluding hydrogens is 472 g/mol. The van der Waals surface area contributed by atoms with Gasteiger partial charge in [0, 0.05) is 4.47 Å². The number of carbonyl (C=O) groups is 2. The van der Waals surface area contributed by atoms with Crippen LogP contribution in [0, 0.1) is 12.8 Å². The van der Waals surface area contributed by atoms with Crippen LogP contribution in [0.3, 0.4) is 0 Å². The van der Waals surface area contributed by atoms with Crippen LogP contribution in [0.4, 0.5) is 11.4 Å². The Kier molecular flexibility index (Phi) is 5.23. The molecule has 0 saturated carbocycles. The molecule has 2 aliphatic heterocycles. The van der Waals surface area contributed by atoms with E-state index in [-0.39, 0.29) is 11.8 Å². The Morgan fingerprint density at radius 3 is 2.25 bits per heavy atom. The number of fused-ring (bicyclic) bond motifs is 1. The number of hydrogen-bond acceptors (Lipinski definition) is 5. The number of benzene rings is 3. The van der Waals surface area contributed by atoms with Gasteiger partial charge < -0.3 is 4.74 Å². The summed E-state index contributed by atoms with van der Waals surface area (Å²) in [7, 11) is 1.61. The number of hydroxylamine groups is 1. The van der Waals surface area contributed by atoms with Crippen LogP contribution in [0.2, 0.25) is 0 Å². The van der Waals surface area contributed by atoms with Crippen LogP contribution < -0.4 is 14.7 Å². The van der Waals surface area contributed by atoms with E-state index in [9.17, 15) is 9.59 Å². The molecule has 6 nitrogen and oxygen atoms in total. The molecule has 162 valence electrons. The molecule has 5 rings (SSSR count). The molecule has 0 aromatic heterocycles. The Labute approximate surface area is 194 Å². The second-order valence-corrected chi connectivity index (χ2v) is 8.79. The monoisotopic (exact) mass is 492 g/mol. The SMILES string of the molecule is COc1ccc(C2C3C(=O)N(c4ccc(Br)cc4)C(=O)C3ON2c2ccccc2C)cc1. The Balaban J connectivity index is 1.59. The summed E-state index contributed by atoms with van der Waals surface area (Å²) < 4.78 is 6.17. The van der Waals surface area contributed by atoms with Crippen LogP contribution in [-0.4, -0.2) is 25.0 Å². The number of carbonyl (C=O) groups excluding carboxylic acids is 2. The summed E-state index contributed by atoms with van der Waals surface area (Å²) >= 11 is 3.40. The first kappa shape index (κ1) is 20.7. The summed E-state index contributed by atoms with van der Waals surface area (Å²) in [5.74, 6) is -0.563. The lowest BCUT2D eigenvalue weighted by molar-refractivity contribution is -0.126. The molecule has 32 heavy (non-hydrogen) atoms. The van der Waals surface area contributed by atoms with E-state index >= 15 is 0 Å². The average Bonchev–Trinajstić information content (AvgIpc) is 3.31. The van der Waals surface area contributed by atoms with Gasteiger partial charge in [0.2, 0.25) is 5.91 Å².